The molecular weight excluding hydrogens is 366 g/mol. The molecule has 1 saturated heterocycles. The normalized spacial score (nSPS) is 24.9. The number of fused-ring (bicyclic) bond motifs is 3. The Morgan fingerprint density at radius 1 is 1.21 bits per heavy atom. The lowest BCUT2D eigenvalue weighted by Crippen LogP contribution is -2.29. The molecule has 0 aromatic heterocycles. The summed E-state index contributed by atoms with van der Waals surface area (Å²) in [7, 11) is 0. The van der Waals surface area contributed by atoms with Crippen molar-refractivity contribution in [1.29, 1.82) is 0 Å². The topological polar surface area (TPSA) is 30.5 Å². The highest BCUT2D eigenvalue weighted by molar-refractivity contribution is 9.10. The van der Waals surface area contributed by atoms with Gasteiger partial charge in [-0.25, -0.2) is 0 Å². The van der Waals surface area contributed by atoms with E-state index in [1.165, 1.54) is 22.4 Å². The summed E-state index contributed by atoms with van der Waals surface area (Å²) in [6.07, 6.45) is 1.23. The summed E-state index contributed by atoms with van der Waals surface area (Å²) in [5, 5.41) is 3.76. The molecule has 0 unspecified atom stereocenters. The van der Waals surface area contributed by atoms with E-state index in [9.17, 15) is 0 Å². The average molecular weight is 388 g/mol. The van der Waals surface area contributed by atoms with E-state index in [0.717, 1.165) is 23.2 Å². The number of hydrogen-bond donors (Lipinski definition) is 1. The van der Waals surface area contributed by atoms with Gasteiger partial charge < -0.3 is 14.8 Å². The zero-order valence-electron chi connectivity index (χ0n) is 14.0. The predicted molar refractivity (Wildman–Crippen MR) is 99.7 cm³/mol. The first-order valence-electron chi connectivity index (χ1n) is 8.58. The number of rotatable bonds is 3. The fourth-order valence-corrected chi connectivity index (χ4v) is 4.33. The van der Waals surface area contributed by atoms with Gasteiger partial charge in [-0.1, -0.05) is 33.6 Å². The van der Waals surface area contributed by atoms with Gasteiger partial charge in [0, 0.05) is 33.8 Å². The third-order valence-electron chi connectivity index (χ3n) is 5.00. The minimum absolute atomic E-state index is 0.166. The van der Waals surface area contributed by atoms with E-state index in [2.05, 4.69) is 58.5 Å². The Morgan fingerprint density at radius 2 is 2.08 bits per heavy atom. The van der Waals surface area contributed by atoms with Crippen LogP contribution in [0.3, 0.4) is 0 Å². The number of ether oxygens (including phenoxy) is 2. The molecule has 3 nitrogen and oxygen atoms in total. The molecule has 0 amide bonds. The fourth-order valence-electron chi connectivity index (χ4n) is 3.95. The van der Waals surface area contributed by atoms with E-state index in [1.54, 1.807) is 0 Å². The summed E-state index contributed by atoms with van der Waals surface area (Å²) >= 11 is 3.61. The van der Waals surface area contributed by atoms with Crippen LogP contribution < -0.4 is 10.1 Å². The van der Waals surface area contributed by atoms with Crippen LogP contribution in [0.2, 0.25) is 0 Å². The van der Waals surface area contributed by atoms with Gasteiger partial charge in [-0.15, -0.1) is 0 Å². The molecule has 4 heteroatoms. The number of anilines is 1. The first kappa shape index (κ1) is 16.0. The number of hydrogen-bond acceptors (Lipinski definition) is 3. The van der Waals surface area contributed by atoms with Gasteiger partial charge in [0.1, 0.15) is 5.75 Å². The molecule has 0 spiro atoms. The Morgan fingerprint density at radius 3 is 2.92 bits per heavy atom. The SMILES string of the molecule is CCOc1ccc(Br)cc1[C@H]1Nc2ccc(C)cc2[C@H]2OCC[C@@H]12. The summed E-state index contributed by atoms with van der Waals surface area (Å²) in [5.74, 6) is 1.38. The van der Waals surface area contributed by atoms with Crippen molar-refractivity contribution in [1.82, 2.24) is 0 Å². The zero-order chi connectivity index (χ0) is 16.7. The maximum atomic E-state index is 6.13. The minimum Gasteiger partial charge on any atom is -0.494 e. The highest BCUT2D eigenvalue weighted by atomic mass is 79.9. The molecule has 1 N–H and O–H groups in total. The number of nitrogens with one attached hydrogen (secondary N) is 1. The third-order valence-corrected chi connectivity index (χ3v) is 5.49. The van der Waals surface area contributed by atoms with Gasteiger partial charge in [0.15, 0.2) is 0 Å². The van der Waals surface area contributed by atoms with Crippen LogP contribution in [0.1, 0.15) is 42.2 Å². The molecule has 2 aliphatic heterocycles. The second-order valence-corrected chi connectivity index (χ2v) is 7.49. The Bertz CT molecular complexity index is 761. The fraction of sp³-hybridized carbons (Fsp3) is 0.400. The van der Waals surface area contributed by atoms with Crippen LogP contribution in [-0.4, -0.2) is 13.2 Å². The molecule has 2 aliphatic rings. The minimum atomic E-state index is 0.166. The Labute approximate surface area is 151 Å². The van der Waals surface area contributed by atoms with E-state index >= 15 is 0 Å². The lowest BCUT2D eigenvalue weighted by atomic mass is 9.80. The van der Waals surface area contributed by atoms with Gasteiger partial charge in [-0.2, -0.15) is 0 Å². The van der Waals surface area contributed by atoms with E-state index < -0.39 is 0 Å². The van der Waals surface area contributed by atoms with Crippen molar-refractivity contribution in [2.24, 2.45) is 5.92 Å². The van der Waals surface area contributed by atoms with Crippen LogP contribution in [0, 0.1) is 12.8 Å². The Kier molecular flexibility index (Phi) is 4.27. The molecule has 1 fully saturated rings. The van der Waals surface area contributed by atoms with Crippen molar-refractivity contribution < 1.29 is 9.47 Å². The van der Waals surface area contributed by atoms with Crippen LogP contribution in [0.4, 0.5) is 5.69 Å². The van der Waals surface area contributed by atoms with Crippen LogP contribution in [0.5, 0.6) is 5.75 Å². The van der Waals surface area contributed by atoms with Crippen molar-refractivity contribution >= 4 is 21.6 Å². The van der Waals surface area contributed by atoms with Crippen LogP contribution in [0.25, 0.3) is 0 Å². The predicted octanol–water partition coefficient (Wildman–Crippen LogP) is 5.40. The maximum absolute atomic E-state index is 6.13. The van der Waals surface area contributed by atoms with Gasteiger partial charge in [0.05, 0.1) is 18.8 Å². The standard InChI is InChI=1S/C20H22BrNO2/c1-3-23-18-7-5-13(21)11-16(18)19-14-8-9-24-20(14)15-10-12(2)4-6-17(15)22-19/h4-7,10-11,14,19-20,22H,3,8-9H2,1-2H3/t14-,19-,20-/m0/s1. The molecule has 2 heterocycles. The second-order valence-electron chi connectivity index (χ2n) is 6.57. The lowest BCUT2D eigenvalue weighted by Gasteiger charge is -2.37. The Hall–Kier alpha value is -1.52. The summed E-state index contributed by atoms with van der Waals surface area (Å²) < 4.78 is 13.1. The van der Waals surface area contributed by atoms with Crippen LogP contribution >= 0.6 is 15.9 Å². The summed E-state index contributed by atoms with van der Waals surface area (Å²) in [5.41, 5.74) is 4.96. The molecule has 2 aromatic rings. The van der Waals surface area contributed by atoms with E-state index in [1.807, 2.05) is 13.0 Å². The van der Waals surface area contributed by atoms with Gasteiger partial charge in [-0.05, 0) is 44.5 Å². The quantitative estimate of drug-likeness (QED) is 0.764. The molecule has 3 atom stereocenters. The highest BCUT2D eigenvalue weighted by Crippen LogP contribution is 2.51. The van der Waals surface area contributed by atoms with E-state index in [4.69, 9.17) is 9.47 Å². The van der Waals surface area contributed by atoms with Gasteiger partial charge in [0.25, 0.3) is 0 Å². The molecular formula is C20H22BrNO2. The van der Waals surface area contributed by atoms with Crippen LogP contribution in [0.15, 0.2) is 40.9 Å². The molecule has 0 saturated carbocycles. The molecule has 126 valence electrons. The summed E-state index contributed by atoms with van der Waals surface area (Å²) in [4.78, 5) is 0. The molecule has 2 aromatic carbocycles. The third kappa shape index (κ3) is 2.72. The van der Waals surface area contributed by atoms with Gasteiger partial charge in [-0.3, -0.25) is 0 Å². The first-order chi connectivity index (χ1) is 11.7. The molecule has 0 bridgehead atoms. The highest BCUT2D eigenvalue weighted by Gasteiger charge is 2.42. The lowest BCUT2D eigenvalue weighted by molar-refractivity contribution is 0.0826. The van der Waals surface area contributed by atoms with Crippen molar-refractivity contribution in [3.63, 3.8) is 0 Å². The van der Waals surface area contributed by atoms with E-state index in [0.29, 0.717) is 12.5 Å². The number of aryl methyl sites for hydroxylation is 1. The largest absolute Gasteiger partial charge is 0.494 e. The zero-order valence-corrected chi connectivity index (χ0v) is 15.6. The second kappa shape index (κ2) is 6.41. The first-order valence-corrected chi connectivity index (χ1v) is 9.37. The smallest absolute Gasteiger partial charge is 0.124 e. The molecule has 24 heavy (non-hydrogen) atoms. The maximum Gasteiger partial charge on any atom is 0.124 e. The van der Waals surface area contributed by atoms with Crippen LogP contribution in [-0.2, 0) is 4.74 Å². The summed E-state index contributed by atoms with van der Waals surface area (Å²) in [6.45, 7) is 5.65. The molecule has 0 aliphatic carbocycles. The average Bonchev–Trinajstić information content (AvgIpc) is 3.06. The monoisotopic (exact) mass is 387 g/mol. The van der Waals surface area contributed by atoms with Gasteiger partial charge in [0.2, 0.25) is 0 Å². The molecule has 4 rings (SSSR count). The number of benzene rings is 2. The molecule has 0 radical (unpaired) electrons. The van der Waals surface area contributed by atoms with Crippen molar-refractivity contribution in [2.75, 3.05) is 18.5 Å². The van der Waals surface area contributed by atoms with Crippen molar-refractivity contribution in [3.05, 3.63) is 57.6 Å². The van der Waals surface area contributed by atoms with Crippen molar-refractivity contribution in [2.45, 2.75) is 32.4 Å². The Balaban J connectivity index is 1.79. The number of halogens is 1. The van der Waals surface area contributed by atoms with Crippen molar-refractivity contribution in [3.8, 4) is 5.75 Å². The van der Waals surface area contributed by atoms with Gasteiger partial charge >= 0.3 is 0 Å². The van der Waals surface area contributed by atoms with E-state index in [-0.39, 0.29) is 12.1 Å². The summed E-state index contributed by atoms with van der Waals surface area (Å²) in [6, 6.07) is 13.1.